The molecule has 2 aliphatic rings. The number of rotatable bonds is 1. The zero-order chi connectivity index (χ0) is 11.0. The third-order valence-electron chi connectivity index (χ3n) is 3.74. The van der Waals surface area contributed by atoms with Crippen molar-refractivity contribution in [3.8, 4) is 0 Å². The number of nitrogens with one attached hydrogen (secondary N) is 1. The second-order valence-corrected chi connectivity index (χ2v) is 4.62. The fourth-order valence-electron chi connectivity index (χ4n) is 2.95. The van der Waals surface area contributed by atoms with Crippen LogP contribution >= 0.6 is 0 Å². The minimum atomic E-state index is -0.144. The van der Waals surface area contributed by atoms with Gasteiger partial charge in [-0.1, -0.05) is 24.3 Å². The number of hydrogen-bond donors (Lipinski definition) is 2. The molecule has 2 N–H and O–H groups in total. The van der Waals surface area contributed by atoms with Crippen LogP contribution in [0.2, 0.25) is 0 Å². The molecule has 1 spiro atoms. The highest BCUT2D eigenvalue weighted by atomic mass is 16.5. The SMILES string of the molecule is OC[C@@H]1OC2(CCNCC2)c2ccccc21. The van der Waals surface area contributed by atoms with Gasteiger partial charge in [0.25, 0.3) is 0 Å². The molecule has 3 rings (SSSR count). The normalized spacial score (nSPS) is 26.9. The minimum Gasteiger partial charge on any atom is -0.393 e. The summed E-state index contributed by atoms with van der Waals surface area (Å²) in [5, 5.41) is 12.7. The Hall–Kier alpha value is -0.900. The van der Waals surface area contributed by atoms with E-state index in [2.05, 4.69) is 23.5 Å². The van der Waals surface area contributed by atoms with Crippen LogP contribution in [0.5, 0.6) is 0 Å². The molecule has 1 aromatic rings. The van der Waals surface area contributed by atoms with Crippen LogP contribution in [0.4, 0.5) is 0 Å². The summed E-state index contributed by atoms with van der Waals surface area (Å²) in [5.41, 5.74) is 2.32. The van der Waals surface area contributed by atoms with Crippen LogP contribution in [0.3, 0.4) is 0 Å². The number of hydrogen-bond acceptors (Lipinski definition) is 3. The van der Waals surface area contributed by atoms with Crippen molar-refractivity contribution >= 4 is 0 Å². The fourth-order valence-corrected chi connectivity index (χ4v) is 2.95. The van der Waals surface area contributed by atoms with Gasteiger partial charge in [-0.3, -0.25) is 0 Å². The smallest absolute Gasteiger partial charge is 0.107 e. The molecule has 1 fully saturated rings. The van der Waals surface area contributed by atoms with Gasteiger partial charge in [-0.15, -0.1) is 0 Å². The van der Waals surface area contributed by atoms with Gasteiger partial charge in [-0.25, -0.2) is 0 Å². The van der Waals surface area contributed by atoms with Crippen LogP contribution in [0.15, 0.2) is 24.3 Å². The van der Waals surface area contributed by atoms with Crippen LogP contribution in [0.1, 0.15) is 30.1 Å². The van der Waals surface area contributed by atoms with Crippen molar-refractivity contribution < 1.29 is 9.84 Å². The molecular weight excluding hydrogens is 202 g/mol. The first-order valence-corrected chi connectivity index (χ1v) is 5.94. The zero-order valence-corrected chi connectivity index (χ0v) is 9.28. The summed E-state index contributed by atoms with van der Waals surface area (Å²) < 4.78 is 6.12. The molecule has 0 bridgehead atoms. The number of fused-ring (bicyclic) bond motifs is 2. The third kappa shape index (κ3) is 1.39. The van der Waals surface area contributed by atoms with Gasteiger partial charge in [0.05, 0.1) is 12.2 Å². The van der Waals surface area contributed by atoms with Gasteiger partial charge >= 0.3 is 0 Å². The van der Waals surface area contributed by atoms with Crippen LogP contribution < -0.4 is 5.32 Å². The molecule has 0 radical (unpaired) electrons. The Balaban J connectivity index is 2.04. The summed E-state index contributed by atoms with van der Waals surface area (Å²) in [6.07, 6.45) is 1.87. The Kier molecular flexibility index (Phi) is 2.46. The average molecular weight is 219 g/mol. The van der Waals surface area contributed by atoms with Crippen LogP contribution in [-0.4, -0.2) is 24.8 Å². The van der Waals surface area contributed by atoms with E-state index in [4.69, 9.17) is 4.74 Å². The van der Waals surface area contributed by atoms with Crippen LogP contribution in [0, 0.1) is 0 Å². The van der Waals surface area contributed by atoms with Gasteiger partial charge in [0.1, 0.15) is 6.10 Å². The summed E-state index contributed by atoms with van der Waals surface area (Å²) in [4.78, 5) is 0. The maximum Gasteiger partial charge on any atom is 0.107 e. The van der Waals surface area contributed by atoms with Gasteiger partial charge in [0, 0.05) is 0 Å². The van der Waals surface area contributed by atoms with Gasteiger partial charge in [-0.05, 0) is 37.1 Å². The van der Waals surface area contributed by atoms with Crippen molar-refractivity contribution in [1.82, 2.24) is 5.32 Å². The van der Waals surface area contributed by atoms with E-state index in [1.807, 2.05) is 6.07 Å². The lowest BCUT2D eigenvalue weighted by Gasteiger charge is -2.34. The number of aliphatic hydroxyl groups is 1. The monoisotopic (exact) mass is 219 g/mol. The van der Waals surface area contributed by atoms with E-state index in [9.17, 15) is 5.11 Å². The molecule has 0 amide bonds. The molecule has 3 nitrogen and oxygen atoms in total. The predicted molar refractivity (Wildman–Crippen MR) is 61.1 cm³/mol. The second-order valence-electron chi connectivity index (χ2n) is 4.62. The maximum atomic E-state index is 9.39. The van der Waals surface area contributed by atoms with E-state index >= 15 is 0 Å². The first-order chi connectivity index (χ1) is 7.86. The van der Waals surface area contributed by atoms with Crippen molar-refractivity contribution in [2.75, 3.05) is 19.7 Å². The molecule has 3 heteroatoms. The average Bonchev–Trinajstić information content (AvgIpc) is 2.66. The van der Waals surface area contributed by atoms with Gasteiger partial charge in [0.15, 0.2) is 0 Å². The molecule has 1 saturated heterocycles. The topological polar surface area (TPSA) is 41.5 Å². The summed E-state index contributed by atoms with van der Waals surface area (Å²) >= 11 is 0. The molecule has 0 aromatic heterocycles. The highest BCUT2D eigenvalue weighted by Gasteiger charge is 2.44. The van der Waals surface area contributed by atoms with Gasteiger partial charge < -0.3 is 15.2 Å². The van der Waals surface area contributed by atoms with Crippen LogP contribution in [-0.2, 0) is 10.3 Å². The van der Waals surface area contributed by atoms with Gasteiger partial charge in [-0.2, -0.15) is 0 Å². The number of benzene rings is 1. The van der Waals surface area contributed by atoms with Crippen molar-refractivity contribution in [2.45, 2.75) is 24.5 Å². The van der Waals surface area contributed by atoms with Crippen molar-refractivity contribution in [1.29, 1.82) is 0 Å². The fraction of sp³-hybridized carbons (Fsp3) is 0.538. The molecule has 2 aliphatic heterocycles. The Morgan fingerprint density at radius 1 is 1.31 bits per heavy atom. The van der Waals surface area contributed by atoms with Crippen molar-refractivity contribution in [3.05, 3.63) is 35.4 Å². The van der Waals surface area contributed by atoms with Crippen LogP contribution in [0.25, 0.3) is 0 Å². The molecular formula is C13H17NO2. The Morgan fingerprint density at radius 2 is 2.06 bits per heavy atom. The van der Waals surface area contributed by atoms with E-state index in [0.717, 1.165) is 25.9 Å². The quantitative estimate of drug-likeness (QED) is 0.748. The zero-order valence-electron chi connectivity index (χ0n) is 9.28. The Bertz CT molecular complexity index is 385. The third-order valence-corrected chi connectivity index (χ3v) is 3.74. The Morgan fingerprint density at radius 3 is 2.81 bits per heavy atom. The lowest BCUT2D eigenvalue weighted by molar-refractivity contribution is -0.109. The van der Waals surface area contributed by atoms with E-state index in [1.54, 1.807) is 0 Å². The molecule has 0 unspecified atom stereocenters. The summed E-state index contributed by atoms with van der Waals surface area (Å²) in [5.74, 6) is 0. The van der Waals surface area contributed by atoms with Crippen molar-refractivity contribution in [2.24, 2.45) is 0 Å². The maximum absolute atomic E-state index is 9.39. The molecule has 1 atom stereocenters. The molecule has 86 valence electrons. The molecule has 2 heterocycles. The van der Waals surface area contributed by atoms with E-state index < -0.39 is 0 Å². The Labute approximate surface area is 95.4 Å². The molecule has 16 heavy (non-hydrogen) atoms. The molecule has 0 saturated carbocycles. The number of ether oxygens (including phenoxy) is 1. The highest BCUT2D eigenvalue weighted by Crippen LogP contribution is 2.47. The second kappa shape index (κ2) is 3.84. The summed E-state index contributed by atoms with van der Waals surface area (Å²) in [6, 6.07) is 8.31. The standard InChI is InChI=1S/C13H17NO2/c15-9-12-10-3-1-2-4-11(10)13(16-12)5-7-14-8-6-13/h1-4,12,14-15H,5-9H2/t12-/m0/s1. The van der Waals surface area contributed by atoms with E-state index in [-0.39, 0.29) is 18.3 Å². The predicted octanol–water partition coefficient (Wildman–Crippen LogP) is 1.33. The van der Waals surface area contributed by atoms with Gasteiger partial charge in [0.2, 0.25) is 0 Å². The molecule has 0 aliphatic carbocycles. The minimum absolute atomic E-state index is 0.0756. The number of aliphatic hydroxyl groups excluding tert-OH is 1. The summed E-state index contributed by atoms with van der Waals surface area (Å²) in [6.45, 7) is 2.06. The molecule has 1 aromatic carbocycles. The van der Waals surface area contributed by atoms with E-state index in [0.29, 0.717) is 0 Å². The number of piperidine rings is 1. The first-order valence-electron chi connectivity index (χ1n) is 5.94. The lowest BCUT2D eigenvalue weighted by atomic mass is 9.84. The first kappa shape index (κ1) is 10.3. The van der Waals surface area contributed by atoms with Crippen molar-refractivity contribution in [3.63, 3.8) is 0 Å². The largest absolute Gasteiger partial charge is 0.393 e. The highest BCUT2D eigenvalue weighted by molar-refractivity contribution is 5.38. The summed E-state index contributed by atoms with van der Waals surface area (Å²) in [7, 11) is 0. The lowest BCUT2D eigenvalue weighted by Crippen LogP contribution is -2.39. The van der Waals surface area contributed by atoms with E-state index in [1.165, 1.54) is 11.1 Å².